The van der Waals surface area contributed by atoms with E-state index in [2.05, 4.69) is 20.4 Å². The van der Waals surface area contributed by atoms with Crippen molar-refractivity contribution in [2.24, 2.45) is 0 Å². The maximum atomic E-state index is 5.40. The van der Waals surface area contributed by atoms with Crippen LogP contribution in [0.1, 0.15) is 26.7 Å². The summed E-state index contributed by atoms with van der Waals surface area (Å²) in [6.45, 7) is 9.40. The standard InChI is InChI=1S/C8H17O2Si/c1-4-7-9-11(6-3)10-8-5-2/h6H,3-5,7-8H2,1-2H3. The van der Waals surface area contributed by atoms with Crippen molar-refractivity contribution < 1.29 is 8.85 Å². The smallest absolute Gasteiger partial charge is 0.390 e. The molecule has 0 heterocycles. The van der Waals surface area contributed by atoms with Gasteiger partial charge in [0.25, 0.3) is 0 Å². The molecular formula is C8H17O2Si. The minimum atomic E-state index is -1.15. The summed E-state index contributed by atoms with van der Waals surface area (Å²) in [7, 11) is -1.15. The van der Waals surface area contributed by atoms with Crippen LogP contribution in [0.4, 0.5) is 0 Å². The van der Waals surface area contributed by atoms with Crippen molar-refractivity contribution in [3.8, 4) is 0 Å². The molecule has 0 saturated heterocycles. The van der Waals surface area contributed by atoms with E-state index in [1.807, 2.05) is 0 Å². The molecule has 3 heteroatoms. The first-order chi connectivity index (χ1) is 5.35. The summed E-state index contributed by atoms with van der Waals surface area (Å²) in [4.78, 5) is 0. The van der Waals surface area contributed by atoms with Crippen LogP contribution in [-0.2, 0) is 8.85 Å². The molecule has 11 heavy (non-hydrogen) atoms. The number of hydrogen-bond donors (Lipinski definition) is 0. The van der Waals surface area contributed by atoms with Gasteiger partial charge in [-0.3, -0.25) is 0 Å². The number of hydrogen-bond acceptors (Lipinski definition) is 2. The Morgan fingerprint density at radius 2 is 1.64 bits per heavy atom. The normalized spacial score (nSPS) is 10.5. The van der Waals surface area contributed by atoms with Crippen LogP contribution in [0.3, 0.4) is 0 Å². The summed E-state index contributed by atoms with van der Waals surface area (Å²) in [5, 5.41) is 0. The second-order valence-corrected chi connectivity index (χ2v) is 3.84. The average molecular weight is 173 g/mol. The first kappa shape index (κ1) is 10.9. The van der Waals surface area contributed by atoms with Gasteiger partial charge in [0.1, 0.15) is 0 Å². The summed E-state index contributed by atoms with van der Waals surface area (Å²) in [6.07, 6.45) is 2.08. The van der Waals surface area contributed by atoms with Crippen molar-refractivity contribution in [3.63, 3.8) is 0 Å². The highest BCUT2D eigenvalue weighted by molar-refractivity contribution is 6.50. The molecule has 65 valence electrons. The quantitative estimate of drug-likeness (QED) is 0.549. The summed E-state index contributed by atoms with van der Waals surface area (Å²) < 4.78 is 10.8. The van der Waals surface area contributed by atoms with Crippen LogP contribution >= 0.6 is 0 Å². The van der Waals surface area contributed by atoms with Crippen LogP contribution < -0.4 is 0 Å². The first-order valence-electron chi connectivity index (χ1n) is 4.10. The third-order valence-electron chi connectivity index (χ3n) is 1.06. The topological polar surface area (TPSA) is 18.5 Å². The Morgan fingerprint density at radius 3 is 1.91 bits per heavy atom. The van der Waals surface area contributed by atoms with Gasteiger partial charge in [0, 0.05) is 13.2 Å². The van der Waals surface area contributed by atoms with Crippen molar-refractivity contribution in [2.75, 3.05) is 13.2 Å². The molecule has 0 aliphatic carbocycles. The minimum Gasteiger partial charge on any atom is -0.390 e. The predicted octanol–water partition coefficient (Wildman–Crippen LogP) is 2.05. The molecule has 2 nitrogen and oxygen atoms in total. The lowest BCUT2D eigenvalue weighted by Gasteiger charge is -2.09. The molecule has 0 bridgehead atoms. The molecule has 0 amide bonds. The molecule has 0 aliphatic rings. The zero-order chi connectivity index (χ0) is 8.53. The fourth-order valence-electron chi connectivity index (χ4n) is 0.565. The SMILES string of the molecule is C=C[Si](OCCC)OCCC. The highest BCUT2D eigenvalue weighted by atomic mass is 28.3. The Balaban J connectivity index is 3.33. The van der Waals surface area contributed by atoms with E-state index in [-0.39, 0.29) is 0 Å². The summed E-state index contributed by atoms with van der Waals surface area (Å²) in [5.41, 5.74) is 1.79. The Morgan fingerprint density at radius 1 is 1.18 bits per heavy atom. The van der Waals surface area contributed by atoms with Crippen molar-refractivity contribution in [1.82, 2.24) is 0 Å². The fourth-order valence-corrected chi connectivity index (χ4v) is 1.69. The fraction of sp³-hybridized carbons (Fsp3) is 0.750. The lowest BCUT2D eigenvalue weighted by molar-refractivity contribution is 0.206. The van der Waals surface area contributed by atoms with E-state index in [4.69, 9.17) is 8.85 Å². The van der Waals surface area contributed by atoms with E-state index in [0.717, 1.165) is 26.1 Å². The van der Waals surface area contributed by atoms with E-state index in [0.29, 0.717) is 0 Å². The Bertz CT molecular complexity index is 88.1. The van der Waals surface area contributed by atoms with Crippen molar-refractivity contribution in [2.45, 2.75) is 26.7 Å². The van der Waals surface area contributed by atoms with Crippen molar-refractivity contribution in [3.05, 3.63) is 12.3 Å². The molecule has 1 radical (unpaired) electrons. The van der Waals surface area contributed by atoms with Crippen LogP contribution in [0.25, 0.3) is 0 Å². The molecule has 0 aromatic rings. The van der Waals surface area contributed by atoms with E-state index < -0.39 is 9.28 Å². The van der Waals surface area contributed by atoms with Gasteiger partial charge < -0.3 is 8.85 Å². The van der Waals surface area contributed by atoms with Gasteiger partial charge in [0.15, 0.2) is 0 Å². The van der Waals surface area contributed by atoms with E-state index in [1.165, 1.54) is 0 Å². The second kappa shape index (κ2) is 7.98. The van der Waals surface area contributed by atoms with Crippen LogP contribution in [0.5, 0.6) is 0 Å². The van der Waals surface area contributed by atoms with Gasteiger partial charge in [-0.2, -0.15) is 0 Å². The zero-order valence-electron chi connectivity index (χ0n) is 7.43. The molecule has 0 saturated carbocycles. The molecule has 0 spiro atoms. The van der Waals surface area contributed by atoms with Gasteiger partial charge in [-0.15, -0.1) is 6.58 Å². The minimum absolute atomic E-state index is 0.782. The number of rotatable bonds is 7. The molecule has 0 aromatic heterocycles. The van der Waals surface area contributed by atoms with Crippen LogP contribution in [0.15, 0.2) is 12.3 Å². The molecule has 0 unspecified atom stereocenters. The first-order valence-corrected chi connectivity index (χ1v) is 5.49. The zero-order valence-corrected chi connectivity index (χ0v) is 8.43. The third-order valence-corrected chi connectivity index (χ3v) is 2.37. The van der Waals surface area contributed by atoms with Crippen LogP contribution in [0.2, 0.25) is 0 Å². The molecular weight excluding hydrogens is 156 g/mol. The van der Waals surface area contributed by atoms with Crippen molar-refractivity contribution in [1.29, 1.82) is 0 Å². The highest BCUT2D eigenvalue weighted by Gasteiger charge is 2.08. The Labute approximate surface area is 71.1 Å². The molecule has 0 fully saturated rings. The molecule has 0 N–H and O–H groups in total. The third kappa shape index (κ3) is 6.28. The van der Waals surface area contributed by atoms with Crippen molar-refractivity contribution >= 4 is 9.28 Å². The second-order valence-electron chi connectivity index (χ2n) is 2.22. The maximum absolute atomic E-state index is 5.40. The molecule has 0 aliphatic heterocycles. The summed E-state index contributed by atoms with van der Waals surface area (Å²) in [6, 6.07) is 0. The molecule has 0 atom stereocenters. The summed E-state index contributed by atoms with van der Waals surface area (Å²) in [5.74, 6) is 0. The van der Waals surface area contributed by atoms with Gasteiger partial charge in [-0.1, -0.05) is 13.8 Å². The van der Waals surface area contributed by atoms with Gasteiger partial charge >= 0.3 is 9.28 Å². The largest absolute Gasteiger partial charge is 0.415 e. The van der Waals surface area contributed by atoms with E-state index in [9.17, 15) is 0 Å². The molecule has 0 aromatic carbocycles. The van der Waals surface area contributed by atoms with E-state index in [1.54, 1.807) is 5.70 Å². The maximum Gasteiger partial charge on any atom is 0.415 e. The lowest BCUT2D eigenvalue weighted by Crippen LogP contribution is -2.21. The van der Waals surface area contributed by atoms with Crippen LogP contribution in [0, 0.1) is 0 Å². The Hall–Kier alpha value is -0.123. The van der Waals surface area contributed by atoms with Gasteiger partial charge in [-0.05, 0) is 18.5 Å². The van der Waals surface area contributed by atoms with E-state index >= 15 is 0 Å². The predicted molar refractivity (Wildman–Crippen MR) is 48.4 cm³/mol. The molecule has 0 rings (SSSR count). The van der Waals surface area contributed by atoms with Gasteiger partial charge in [-0.25, -0.2) is 0 Å². The lowest BCUT2D eigenvalue weighted by atomic mass is 10.5. The van der Waals surface area contributed by atoms with Gasteiger partial charge in [0.2, 0.25) is 0 Å². The average Bonchev–Trinajstić information content (AvgIpc) is 2.05. The monoisotopic (exact) mass is 173 g/mol. The Kier molecular flexibility index (Phi) is 7.89. The highest BCUT2D eigenvalue weighted by Crippen LogP contribution is 1.93. The van der Waals surface area contributed by atoms with Crippen LogP contribution in [-0.4, -0.2) is 22.5 Å². The summed E-state index contributed by atoms with van der Waals surface area (Å²) >= 11 is 0. The van der Waals surface area contributed by atoms with Gasteiger partial charge in [0.05, 0.1) is 0 Å².